The van der Waals surface area contributed by atoms with Crippen LogP contribution in [0.2, 0.25) is 5.02 Å². The lowest BCUT2D eigenvalue weighted by atomic mass is 10.1. The number of carbonyl (C=O) groups excluding carboxylic acids is 1. The Kier molecular flexibility index (Phi) is 4.25. The van der Waals surface area contributed by atoms with E-state index in [2.05, 4.69) is 25.4 Å². The number of aromatic amines is 1. The summed E-state index contributed by atoms with van der Waals surface area (Å²) in [6.07, 6.45) is 1.42. The molecule has 0 aliphatic heterocycles. The van der Waals surface area contributed by atoms with Crippen LogP contribution < -0.4 is 0 Å². The summed E-state index contributed by atoms with van der Waals surface area (Å²) < 4.78 is 18.9. The maximum atomic E-state index is 14.2. The van der Waals surface area contributed by atoms with E-state index in [1.807, 2.05) is 0 Å². The predicted molar refractivity (Wildman–Crippen MR) is 96.7 cm³/mol. The van der Waals surface area contributed by atoms with Gasteiger partial charge >= 0.3 is 5.97 Å². The van der Waals surface area contributed by atoms with Crippen LogP contribution in [0.1, 0.15) is 10.4 Å². The second-order valence-electron chi connectivity index (χ2n) is 5.61. The summed E-state index contributed by atoms with van der Waals surface area (Å²) in [4.78, 5) is 20.4. The van der Waals surface area contributed by atoms with Crippen LogP contribution in [-0.4, -0.2) is 38.5 Å². The van der Waals surface area contributed by atoms with Crippen LogP contribution in [0.15, 0.2) is 42.6 Å². The first-order valence-corrected chi connectivity index (χ1v) is 8.16. The lowest BCUT2D eigenvalue weighted by molar-refractivity contribution is 0.0600. The molecule has 0 amide bonds. The number of ether oxygens (including phenoxy) is 1. The SMILES string of the molecule is COC(=O)c1cnc2ccc(-c3[nH]nnc3-c3cc(Cl)ccc3F)nc2c1. The van der Waals surface area contributed by atoms with Gasteiger partial charge in [-0.25, -0.2) is 14.2 Å². The smallest absolute Gasteiger partial charge is 0.339 e. The number of nitrogens with one attached hydrogen (secondary N) is 1. The lowest BCUT2D eigenvalue weighted by Crippen LogP contribution is -2.02. The van der Waals surface area contributed by atoms with Crippen molar-refractivity contribution in [2.24, 2.45) is 0 Å². The molecule has 7 nitrogen and oxygen atoms in total. The fourth-order valence-corrected chi connectivity index (χ4v) is 2.82. The molecule has 0 saturated heterocycles. The van der Waals surface area contributed by atoms with Crippen LogP contribution in [0.4, 0.5) is 4.39 Å². The number of hydrogen-bond acceptors (Lipinski definition) is 6. The van der Waals surface area contributed by atoms with E-state index >= 15 is 0 Å². The van der Waals surface area contributed by atoms with E-state index in [-0.39, 0.29) is 16.8 Å². The Labute approximate surface area is 157 Å². The molecule has 0 aliphatic rings. The number of nitrogens with zero attached hydrogens (tertiary/aromatic N) is 4. The van der Waals surface area contributed by atoms with Gasteiger partial charge in [-0.2, -0.15) is 0 Å². The van der Waals surface area contributed by atoms with E-state index in [9.17, 15) is 9.18 Å². The van der Waals surface area contributed by atoms with E-state index in [0.29, 0.717) is 27.4 Å². The van der Waals surface area contributed by atoms with Crippen LogP contribution in [0.25, 0.3) is 33.7 Å². The van der Waals surface area contributed by atoms with Gasteiger partial charge in [0.15, 0.2) is 0 Å². The molecule has 4 aromatic rings. The molecule has 0 saturated carbocycles. The van der Waals surface area contributed by atoms with Crippen molar-refractivity contribution in [3.63, 3.8) is 0 Å². The summed E-state index contributed by atoms with van der Waals surface area (Å²) in [6.45, 7) is 0. The molecular weight excluding hydrogens is 373 g/mol. The first kappa shape index (κ1) is 17.0. The number of halogens is 2. The van der Waals surface area contributed by atoms with Crippen molar-refractivity contribution in [2.75, 3.05) is 7.11 Å². The van der Waals surface area contributed by atoms with Gasteiger partial charge in [-0.15, -0.1) is 5.10 Å². The minimum Gasteiger partial charge on any atom is -0.465 e. The van der Waals surface area contributed by atoms with Gasteiger partial charge in [0.2, 0.25) is 0 Å². The van der Waals surface area contributed by atoms with Crippen molar-refractivity contribution in [3.05, 3.63) is 59.0 Å². The summed E-state index contributed by atoms with van der Waals surface area (Å²) in [5, 5.41) is 10.8. The highest BCUT2D eigenvalue weighted by Crippen LogP contribution is 2.31. The van der Waals surface area contributed by atoms with Crippen LogP contribution in [0.3, 0.4) is 0 Å². The zero-order chi connectivity index (χ0) is 19.0. The number of methoxy groups -OCH3 is 1. The van der Waals surface area contributed by atoms with Crippen molar-refractivity contribution in [1.29, 1.82) is 0 Å². The molecule has 4 rings (SSSR count). The number of pyridine rings is 2. The highest BCUT2D eigenvalue weighted by atomic mass is 35.5. The molecule has 0 spiro atoms. The van der Waals surface area contributed by atoms with Crippen molar-refractivity contribution >= 4 is 28.6 Å². The van der Waals surface area contributed by atoms with Gasteiger partial charge in [-0.1, -0.05) is 16.8 Å². The standard InChI is InChI=1S/C18H11ClFN5O2/c1-27-18(26)9-6-15-13(21-8-9)4-5-14(22-15)17-16(23-25-24-17)11-7-10(19)2-3-12(11)20/h2-8H,1H3,(H,23,24,25). The van der Waals surface area contributed by atoms with E-state index in [1.54, 1.807) is 18.2 Å². The maximum Gasteiger partial charge on any atom is 0.339 e. The third kappa shape index (κ3) is 3.11. The van der Waals surface area contributed by atoms with Gasteiger partial charge in [0.05, 0.1) is 29.4 Å². The number of carbonyl (C=O) groups is 1. The third-order valence-electron chi connectivity index (χ3n) is 3.95. The number of aromatic nitrogens is 5. The zero-order valence-corrected chi connectivity index (χ0v) is 14.7. The lowest BCUT2D eigenvalue weighted by Gasteiger charge is -2.05. The molecule has 0 aliphatic carbocycles. The Morgan fingerprint density at radius 3 is 2.85 bits per heavy atom. The normalized spacial score (nSPS) is 10.9. The summed E-state index contributed by atoms with van der Waals surface area (Å²) in [5.74, 6) is -0.994. The summed E-state index contributed by atoms with van der Waals surface area (Å²) in [5.41, 5.74) is 2.70. The zero-order valence-electron chi connectivity index (χ0n) is 13.9. The average Bonchev–Trinajstić information content (AvgIpc) is 3.18. The summed E-state index contributed by atoms with van der Waals surface area (Å²) in [6, 6.07) is 9.19. The molecule has 0 radical (unpaired) electrons. The van der Waals surface area contributed by atoms with E-state index in [1.165, 1.54) is 31.5 Å². The average molecular weight is 384 g/mol. The molecule has 27 heavy (non-hydrogen) atoms. The van der Waals surface area contributed by atoms with Crippen LogP contribution in [-0.2, 0) is 4.74 Å². The molecule has 134 valence electrons. The minimum absolute atomic E-state index is 0.203. The first-order valence-electron chi connectivity index (χ1n) is 7.79. The molecule has 3 aromatic heterocycles. The van der Waals surface area contributed by atoms with Gasteiger partial charge in [0, 0.05) is 16.8 Å². The highest BCUT2D eigenvalue weighted by Gasteiger charge is 2.18. The number of esters is 1. The Morgan fingerprint density at radius 2 is 2.04 bits per heavy atom. The van der Waals surface area contributed by atoms with Crippen LogP contribution in [0.5, 0.6) is 0 Å². The Balaban J connectivity index is 1.85. The van der Waals surface area contributed by atoms with E-state index in [4.69, 9.17) is 16.3 Å². The van der Waals surface area contributed by atoms with Crippen LogP contribution in [0, 0.1) is 5.82 Å². The number of rotatable bonds is 3. The molecule has 0 atom stereocenters. The third-order valence-corrected chi connectivity index (χ3v) is 4.18. The second-order valence-corrected chi connectivity index (χ2v) is 6.05. The molecule has 1 aromatic carbocycles. The number of benzene rings is 1. The molecule has 0 unspecified atom stereocenters. The van der Waals surface area contributed by atoms with Gasteiger partial charge in [-0.3, -0.25) is 10.1 Å². The summed E-state index contributed by atoms with van der Waals surface area (Å²) >= 11 is 5.98. The number of H-pyrrole nitrogens is 1. The minimum atomic E-state index is -0.513. The highest BCUT2D eigenvalue weighted by molar-refractivity contribution is 6.30. The molecule has 3 heterocycles. The molecular formula is C18H11ClFN5O2. The van der Waals surface area contributed by atoms with Crippen molar-refractivity contribution < 1.29 is 13.9 Å². The molecule has 0 fully saturated rings. The Morgan fingerprint density at radius 1 is 1.19 bits per heavy atom. The Hall–Kier alpha value is -3.39. The first-order chi connectivity index (χ1) is 13.1. The number of fused-ring (bicyclic) bond motifs is 1. The molecule has 9 heteroatoms. The fraction of sp³-hybridized carbons (Fsp3) is 0.0556. The monoisotopic (exact) mass is 383 g/mol. The van der Waals surface area contributed by atoms with Gasteiger partial charge in [0.1, 0.15) is 17.2 Å². The van der Waals surface area contributed by atoms with Crippen LogP contribution >= 0.6 is 11.6 Å². The largest absolute Gasteiger partial charge is 0.465 e. The summed E-state index contributed by atoms with van der Waals surface area (Å²) in [7, 11) is 1.29. The van der Waals surface area contributed by atoms with Crippen molar-refractivity contribution in [1.82, 2.24) is 25.4 Å². The van der Waals surface area contributed by atoms with Crippen molar-refractivity contribution in [2.45, 2.75) is 0 Å². The second kappa shape index (κ2) is 6.73. The van der Waals surface area contributed by atoms with E-state index < -0.39 is 11.8 Å². The molecule has 1 N–H and O–H groups in total. The topological polar surface area (TPSA) is 93.7 Å². The van der Waals surface area contributed by atoms with Gasteiger partial charge < -0.3 is 4.74 Å². The predicted octanol–water partition coefficient (Wildman–Crippen LogP) is 3.66. The quantitative estimate of drug-likeness (QED) is 0.542. The van der Waals surface area contributed by atoms with E-state index in [0.717, 1.165) is 0 Å². The molecule has 0 bridgehead atoms. The van der Waals surface area contributed by atoms with Crippen molar-refractivity contribution in [3.8, 4) is 22.6 Å². The van der Waals surface area contributed by atoms with Gasteiger partial charge in [0.25, 0.3) is 0 Å². The maximum absolute atomic E-state index is 14.2. The fourth-order valence-electron chi connectivity index (χ4n) is 2.65. The number of hydrogen-bond donors (Lipinski definition) is 1. The Bertz CT molecular complexity index is 1180. The van der Waals surface area contributed by atoms with Gasteiger partial charge in [-0.05, 0) is 36.4 Å².